The van der Waals surface area contributed by atoms with Crippen molar-refractivity contribution in [1.82, 2.24) is 10.3 Å². The molecule has 13 heavy (non-hydrogen) atoms. The number of hydrogen-bond donors (Lipinski definition) is 2. The molecular weight excluding hydrogens is 212 g/mol. The first-order chi connectivity index (χ1) is 5.70. The first-order valence-electron chi connectivity index (χ1n) is 3.54. The van der Waals surface area contributed by atoms with Crippen LogP contribution in [0.4, 0.5) is 0 Å². The maximum atomic E-state index is 10.4. The highest BCUT2D eigenvalue weighted by atomic mass is 35.5. The van der Waals surface area contributed by atoms with Gasteiger partial charge in [-0.2, -0.15) is 0 Å². The monoisotopic (exact) mass is 222 g/mol. The zero-order valence-corrected chi connectivity index (χ0v) is 8.69. The van der Waals surface area contributed by atoms with Gasteiger partial charge >= 0.3 is 5.97 Å². The van der Waals surface area contributed by atoms with Crippen molar-refractivity contribution in [2.75, 3.05) is 0 Å². The highest BCUT2D eigenvalue weighted by Gasteiger charge is 2.09. The summed E-state index contributed by atoms with van der Waals surface area (Å²) in [6, 6.07) is -0.520. The van der Waals surface area contributed by atoms with Crippen molar-refractivity contribution in [3.05, 3.63) is 16.6 Å². The molecule has 0 aromatic carbocycles. The summed E-state index contributed by atoms with van der Waals surface area (Å²) in [5.74, 6) is -0.841. The summed E-state index contributed by atoms with van der Waals surface area (Å²) in [7, 11) is 0. The van der Waals surface area contributed by atoms with E-state index in [4.69, 9.17) is 5.11 Å². The Bertz CT molecular complexity index is 253. The average molecular weight is 223 g/mol. The molecule has 1 heterocycles. The third-order valence-corrected chi connectivity index (χ3v) is 2.19. The zero-order chi connectivity index (χ0) is 8.97. The van der Waals surface area contributed by atoms with Gasteiger partial charge in [0.2, 0.25) is 0 Å². The van der Waals surface area contributed by atoms with E-state index in [1.807, 2.05) is 5.38 Å². The molecule has 0 aliphatic carbocycles. The number of aliphatic carboxylic acids is 1. The second kappa shape index (κ2) is 5.90. The third-order valence-electron chi connectivity index (χ3n) is 1.41. The third kappa shape index (κ3) is 4.21. The van der Waals surface area contributed by atoms with Crippen molar-refractivity contribution in [3.8, 4) is 0 Å². The van der Waals surface area contributed by atoms with Crippen LogP contribution in [0.25, 0.3) is 0 Å². The molecule has 2 N–H and O–H groups in total. The first-order valence-corrected chi connectivity index (χ1v) is 4.42. The Morgan fingerprint density at radius 1 is 1.85 bits per heavy atom. The lowest BCUT2D eigenvalue weighted by molar-refractivity contribution is -0.139. The van der Waals surface area contributed by atoms with Crippen molar-refractivity contribution in [3.63, 3.8) is 0 Å². The van der Waals surface area contributed by atoms with Gasteiger partial charge in [0.05, 0.1) is 0 Å². The molecule has 1 rings (SSSR count). The van der Waals surface area contributed by atoms with Crippen LogP contribution in [-0.4, -0.2) is 22.1 Å². The Labute approximate surface area is 86.4 Å². The number of nitrogens with zero attached hydrogens (tertiary/aromatic N) is 1. The standard InChI is InChI=1S/C7H10N2O2S.ClH/c1-5(7(10)11)9-4-6-8-2-3-12-6;/h2-3,5,9H,4H2,1H3,(H,10,11);1H. The highest BCUT2D eigenvalue weighted by Crippen LogP contribution is 2.02. The van der Waals surface area contributed by atoms with Gasteiger partial charge in [0, 0.05) is 18.1 Å². The van der Waals surface area contributed by atoms with E-state index in [0.717, 1.165) is 5.01 Å². The smallest absolute Gasteiger partial charge is 0.320 e. The molecule has 1 atom stereocenters. The number of thiazole rings is 1. The van der Waals surface area contributed by atoms with Gasteiger partial charge < -0.3 is 5.11 Å². The van der Waals surface area contributed by atoms with Crippen LogP contribution in [0.3, 0.4) is 0 Å². The van der Waals surface area contributed by atoms with Crippen LogP contribution >= 0.6 is 23.7 Å². The number of halogens is 1. The lowest BCUT2D eigenvalue weighted by atomic mass is 10.3. The maximum Gasteiger partial charge on any atom is 0.320 e. The quantitative estimate of drug-likeness (QED) is 0.802. The number of carboxylic acid groups (broad SMARTS) is 1. The summed E-state index contributed by atoms with van der Waals surface area (Å²) in [6.07, 6.45) is 1.70. The van der Waals surface area contributed by atoms with Crippen molar-refractivity contribution in [1.29, 1.82) is 0 Å². The zero-order valence-electron chi connectivity index (χ0n) is 7.06. The number of rotatable bonds is 4. The van der Waals surface area contributed by atoms with Crippen LogP contribution in [0.15, 0.2) is 11.6 Å². The molecule has 0 aliphatic rings. The van der Waals surface area contributed by atoms with E-state index in [1.165, 1.54) is 11.3 Å². The van der Waals surface area contributed by atoms with Gasteiger partial charge in [-0.15, -0.1) is 23.7 Å². The van der Waals surface area contributed by atoms with Gasteiger partial charge in [0.15, 0.2) is 0 Å². The van der Waals surface area contributed by atoms with E-state index in [9.17, 15) is 4.79 Å². The molecule has 4 nitrogen and oxygen atoms in total. The second-order valence-electron chi connectivity index (χ2n) is 2.37. The predicted octanol–water partition coefficient (Wildman–Crippen LogP) is 1.13. The average Bonchev–Trinajstić information content (AvgIpc) is 2.51. The SMILES string of the molecule is CC(NCc1nccs1)C(=O)O.Cl. The fourth-order valence-electron chi connectivity index (χ4n) is 0.668. The lowest BCUT2D eigenvalue weighted by Gasteiger charge is -2.05. The summed E-state index contributed by atoms with van der Waals surface area (Å²) in [6.45, 7) is 2.13. The Kier molecular flexibility index (Phi) is 5.61. The summed E-state index contributed by atoms with van der Waals surface area (Å²) >= 11 is 1.51. The Hall–Kier alpha value is -0.650. The highest BCUT2D eigenvalue weighted by molar-refractivity contribution is 7.09. The van der Waals surface area contributed by atoms with E-state index in [1.54, 1.807) is 13.1 Å². The number of carbonyl (C=O) groups is 1. The molecular formula is C7H11ClN2O2S. The lowest BCUT2D eigenvalue weighted by Crippen LogP contribution is -2.32. The molecule has 0 radical (unpaired) electrons. The molecule has 0 aliphatic heterocycles. The molecule has 1 unspecified atom stereocenters. The summed E-state index contributed by atoms with van der Waals surface area (Å²) in [5, 5.41) is 14.1. The number of aromatic nitrogens is 1. The minimum atomic E-state index is -0.841. The van der Waals surface area contributed by atoms with Crippen LogP contribution in [0.1, 0.15) is 11.9 Å². The molecule has 6 heteroatoms. The van der Waals surface area contributed by atoms with Gasteiger partial charge in [-0.25, -0.2) is 4.98 Å². The number of carboxylic acids is 1. The minimum Gasteiger partial charge on any atom is -0.480 e. The van der Waals surface area contributed by atoms with Gasteiger partial charge in [-0.1, -0.05) is 0 Å². The van der Waals surface area contributed by atoms with Crippen molar-refractivity contribution >= 4 is 29.7 Å². The summed E-state index contributed by atoms with van der Waals surface area (Å²) in [5.41, 5.74) is 0. The fourth-order valence-corrected chi connectivity index (χ4v) is 1.24. The van der Waals surface area contributed by atoms with Crippen molar-refractivity contribution < 1.29 is 9.90 Å². The Morgan fingerprint density at radius 2 is 2.54 bits per heavy atom. The summed E-state index contributed by atoms with van der Waals surface area (Å²) < 4.78 is 0. The summed E-state index contributed by atoms with van der Waals surface area (Å²) in [4.78, 5) is 14.4. The Balaban J connectivity index is 0.00000144. The van der Waals surface area contributed by atoms with Crippen LogP contribution in [-0.2, 0) is 11.3 Å². The minimum absolute atomic E-state index is 0. The maximum absolute atomic E-state index is 10.4. The molecule has 0 saturated heterocycles. The molecule has 1 aromatic heterocycles. The van der Waals surface area contributed by atoms with Gasteiger partial charge in [-0.05, 0) is 6.92 Å². The molecule has 0 fully saturated rings. The normalized spacial score (nSPS) is 11.8. The van der Waals surface area contributed by atoms with Gasteiger partial charge in [0.1, 0.15) is 11.0 Å². The van der Waals surface area contributed by atoms with Crippen molar-refractivity contribution in [2.24, 2.45) is 0 Å². The van der Waals surface area contributed by atoms with E-state index >= 15 is 0 Å². The second-order valence-corrected chi connectivity index (χ2v) is 3.35. The molecule has 0 saturated carbocycles. The molecule has 1 aromatic rings. The van der Waals surface area contributed by atoms with Crippen LogP contribution in [0.5, 0.6) is 0 Å². The van der Waals surface area contributed by atoms with Crippen LogP contribution < -0.4 is 5.32 Å². The fraction of sp³-hybridized carbons (Fsp3) is 0.429. The topological polar surface area (TPSA) is 62.2 Å². The molecule has 0 spiro atoms. The van der Waals surface area contributed by atoms with E-state index in [-0.39, 0.29) is 12.4 Å². The number of nitrogens with one attached hydrogen (secondary N) is 1. The van der Waals surface area contributed by atoms with E-state index in [0.29, 0.717) is 6.54 Å². The predicted molar refractivity (Wildman–Crippen MR) is 53.3 cm³/mol. The largest absolute Gasteiger partial charge is 0.480 e. The molecule has 74 valence electrons. The number of hydrogen-bond acceptors (Lipinski definition) is 4. The van der Waals surface area contributed by atoms with E-state index < -0.39 is 12.0 Å². The van der Waals surface area contributed by atoms with E-state index in [2.05, 4.69) is 10.3 Å². The molecule has 0 amide bonds. The van der Waals surface area contributed by atoms with Crippen molar-refractivity contribution in [2.45, 2.75) is 19.5 Å². The Morgan fingerprint density at radius 3 is 3.00 bits per heavy atom. The van der Waals surface area contributed by atoms with Gasteiger partial charge in [-0.3, -0.25) is 10.1 Å². The molecule has 0 bridgehead atoms. The van der Waals surface area contributed by atoms with Crippen LogP contribution in [0, 0.1) is 0 Å². The first kappa shape index (κ1) is 12.3. The van der Waals surface area contributed by atoms with Crippen LogP contribution in [0.2, 0.25) is 0 Å². The van der Waals surface area contributed by atoms with Gasteiger partial charge in [0.25, 0.3) is 0 Å².